The third kappa shape index (κ3) is 2.58. The summed E-state index contributed by atoms with van der Waals surface area (Å²) in [6.45, 7) is 4.19. The fraction of sp³-hybridized carbons (Fsp3) is 0.389. The topological polar surface area (TPSA) is 90.0 Å². The molecule has 0 saturated carbocycles. The third-order valence-electron chi connectivity index (χ3n) is 4.53. The van der Waals surface area contributed by atoms with Gasteiger partial charge in [0, 0.05) is 37.3 Å². The van der Waals surface area contributed by atoms with Gasteiger partial charge in [-0.05, 0) is 24.0 Å². The fourth-order valence-electron chi connectivity index (χ4n) is 3.49. The Bertz CT molecular complexity index is 849. The molecule has 3 rings (SSSR count). The fourth-order valence-corrected chi connectivity index (χ4v) is 3.49. The van der Waals surface area contributed by atoms with E-state index in [1.54, 1.807) is 24.8 Å². The van der Waals surface area contributed by atoms with Crippen LogP contribution in [0.2, 0.25) is 0 Å². The molecule has 1 aromatic heterocycles. The Morgan fingerprint density at radius 2 is 2.04 bits per heavy atom. The molecule has 6 nitrogen and oxygen atoms in total. The summed E-state index contributed by atoms with van der Waals surface area (Å²) in [5, 5.41) is 7.58. The van der Waals surface area contributed by atoms with Gasteiger partial charge in [0.1, 0.15) is 5.69 Å². The lowest BCUT2D eigenvalue weighted by molar-refractivity contribution is 0.0901. The first-order chi connectivity index (χ1) is 11.2. The molecule has 0 saturated heterocycles. The monoisotopic (exact) mass is 326 g/mol. The van der Waals surface area contributed by atoms with Crippen LogP contribution in [0.1, 0.15) is 46.7 Å². The van der Waals surface area contributed by atoms with E-state index in [-0.39, 0.29) is 11.2 Å². The number of nitrogens with zero attached hydrogens (tertiary/aromatic N) is 2. The van der Waals surface area contributed by atoms with Crippen LogP contribution < -0.4 is 11.1 Å². The summed E-state index contributed by atoms with van der Waals surface area (Å²) in [4.78, 5) is 24.0. The predicted molar refractivity (Wildman–Crippen MR) is 93.1 cm³/mol. The van der Waals surface area contributed by atoms with Crippen LogP contribution in [0.4, 0.5) is 5.69 Å². The standard InChI is InChI=1S/C18H22N4O2/c1-18(2)8-12-15(21-22(4)16(12)14(23)9-18)10-5-6-11(17(19)24)13(7-10)20-3/h5-7,20H,8-9H2,1-4H3,(H2,19,24). The van der Waals surface area contributed by atoms with Gasteiger partial charge < -0.3 is 11.1 Å². The van der Waals surface area contributed by atoms with E-state index in [1.807, 2.05) is 12.1 Å². The summed E-state index contributed by atoms with van der Waals surface area (Å²) in [6.07, 6.45) is 1.32. The number of benzene rings is 1. The average molecular weight is 326 g/mol. The summed E-state index contributed by atoms with van der Waals surface area (Å²) in [7, 11) is 3.54. The molecule has 0 radical (unpaired) electrons. The number of nitrogens with one attached hydrogen (secondary N) is 1. The zero-order chi connectivity index (χ0) is 17.6. The SMILES string of the molecule is CNc1cc(-c2nn(C)c3c2CC(C)(C)CC3=O)ccc1C(N)=O. The molecule has 1 aliphatic carbocycles. The summed E-state index contributed by atoms with van der Waals surface area (Å²) < 4.78 is 1.67. The molecule has 0 fully saturated rings. The summed E-state index contributed by atoms with van der Waals surface area (Å²) in [5.41, 5.74) is 9.74. The predicted octanol–water partition coefficient (Wildman–Crippen LogP) is 2.38. The van der Waals surface area contributed by atoms with E-state index in [1.165, 1.54) is 0 Å². The Labute approximate surface area is 141 Å². The first-order valence-electron chi connectivity index (χ1n) is 7.94. The Morgan fingerprint density at radius 1 is 1.33 bits per heavy atom. The maximum Gasteiger partial charge on any atom is 0.250 e. The van der Waals surface area contributed by atoms with Crippen molar-refractivity contribution >= 4 is 17.4 Å². The zero-order valence-corrected chi connectivity index (χ0v) is 14.4. The van der Waals surface area contributed by atoms with Crippen LogP contribution in [0.25, 0.3) is 11.3 Å². The number of fused-ring (bicyclic) bond motifs is 1. The van der Waals surface area contributed by atoms with Crippen LogP contribution in [0, 0.1) is 5.41 Å². The van der Waals surface area contributed by atoms with Crippen molar-refractivity contribution in [1.82, 2.24) is 9.78 Å². The number of rotatable bonds is 3. The van der Waals surface area contributed by atoms with Gasteiger partial charge in [0.25, 0.3) is 5.91 Å². The van der Waals surface area contributed by atoms with E-state index in [4.69, 9.17) is 5.73 Å². The van der Waals surface area contributed by atoms with Gasteiger partial charge >= 0.3 is 0 Å². The van der Waals surface area contributed by atoms with Gasteiger partial charge in [-0.1, -0.05) is 19.9 Å². The Hall–Kier alpha value is -2.63. The van der Waals surface area contributed by atoms with E-state index in [0.29, 0.717) is 23.4 Å². The van der Waals surface area contributed by atoms with Crippen molar-refractivity contribution in [2.45, 2.75) is 26.7 Å². The third-order valence-corrected chi connectivity index (χ3v) is 4.53. The lowest BCUT2D eigenvalue weighted by Crippen LogP contribution is -2.28. The number of ketones is 1. The minimum atomic E-state index is -0.481. The van der Waals surface area contributed by atoms with Gasteiger partial charge in [0.2, 0.25) is 0 Å². The molecule has 6 heteroatoms. The molecule has 2 aromatic rings. The number of carbonyl (C=O) groups is 2. The molecule has 0 bridgehead atoms. The second-order valence-corrected chi connectivity index (χ2v) is 7.11. The Morgan fingerprint density at radius 3 is 2.67 bits per heavy atom. The number of hydrogen-bond donors (Lipinski definition) is 2. The van der Waals surface area contributed by atoms with Gasteiger partial charge in [-0.2, -0.15) is 5.10 Å². The highest BCUT2D eigenvalue weighted by Crippen LogP contribution is 2.39. The smallest absolute Gasteiger partial charge is 0.250 e. The minimum absolute atomic E-state index is 0.0825. The molecular formula is C18H22N4O2. The number of anilines is 1. The van der Waals surface area contributed by atoms with Gasteiger partial charge in [-0.25, -0.2) is 0 Å². The molecule has 1 aliphatic rings. The normalized spacial score (nSPS) is 15.9. The van der Waals surface area contributed by atoms with Crippen molar-refractivity contribution in [1.29, 1.82) is 0 Å². The molecule has 24 heavy (non-hydrogen) atoms. The molecule has 0 spiro atoms. The lowest BCUT2D eigenvalue weighted by atomic mass is 9.75. The maximum absolute atomic E-state index is 12.5. The molecule has 0 unspecified atom stereocenters. The quantitative estimate of drug-likeness (QED) is 0.906. The first kappa shape index (κ1) is 16.2. The van der Waals surface area contributed by atoms with Crippen LogP contribution in [0.15, 0.2) is 18.2 Å². The van der Waals surface area contributed by atoms with Crippen LogP contribution in [-0.2, 0) is 13.5 Å². The second-order valence-electron chi connectivity index (χ2n) is 7.11. The molecule has 0 atom stereocenters. The summed E-state index contributed by atoms with van der Waals surface area (Å²) in [6, 6.07) is 5.38. The van der Waals surface area contributed by atoms with E-state index in [9.17, 15) is 9.59 Å². The van der Waals surface area contributed by atoms with Crippen LogP contribution in [0.5, 0.6) is 0 Å². The number of primary amides is 1. The number of carbonyl (C=O) groups excluding carboxylic acids is 2. The number of nitrogens with two attached hydrogens (primary N) is 1. The maximum atomic E-state index is 12.5. The van der Waals surface area contributed by atoms with Crippen molar-refractivity contribution < 1.29 is 9.59 Å². The average Bonchev–Trinajstić information content (AvgIpc) is 2.81. The van der Waals surface area contributed by atoms with E-state index >= 15 is 0 Å². The number of aryl methyl sites for hydroxylation is 1. The van der Waals surface area contributed by atoms with E-state index in [0.717, 1.165) is 23.2 Å². The van der Waals surface area contributed by atoms with Crippen molar-refractivity contribution in [3.8, 4) is 11.3 Å². The molecule has 1 heterocycles. The summed E-state index contributed by atoms with van der Waals surface area (Å²) >= 11 is 0. The van der Waals surface area contributed by atoms with Gasteiger partial charge in [-0.3, -0.25) is 14.3 Å². The van der Waals surface area contributed by atoms with Gasteiger partial charge in [0.05, 0.1) is 11.3 Å². The number of amides is 1. The first-order valence-corrected chi connectivity index (χ1v) is 7.94. The Kier molecular flexibility index (Phi) is 3.70. The van der Waals surface area contributed by atoms with Crippen molar-refractivity contribution in [2.75, 3.05) is 12.4 Å². The molecule has 1 aromatic carbocycles. The summed E-state index contributed by atoms with van der Waals surface area (Å²) in [5.74, 6) is -0.352. The lowest BCUT2D eigenvalue weighted by Gasteiger charge is -2.28. The highest BCUT2D eigenvalue weighted by Gasteiger charge is 2.36. The van der Waals surface area contributed by atoms with Gasteiger partial charge in [0.15, 0.2) is 5.78 Å². The molecule has 1 amide bonds. The van der Waals surface area contributed by atoms with Crippen LogP contribution in [-0.4, -0.2) is 28.5 Å². The van der Waals surface area contributed by atoms with Gasteiger partial charge in [-0.15, -0.1) is 0 Å². The largest absolute Gasteiger partial charge is 0.387 e. The number of Topliss-reactive ketones (excluding diaryl/α,β-unsaturated/α-hetero) is 1. The van der Waals surface area contributed by atoms with Crippen LogP contribution in [0.3, 0.4) is 0 Å². The highest BCUT2D eigenvalue weighted by molar-refractivity contribution is 6.01. The highest BCUT2D eigenvalue weighted by atomic mass is 16.1. The van der Waals surface area contributed by atoms with E-state index < -0.39 is 5.91 Å². The zero-order valence-electron chi connectivity index (χ0n) is 14.4. The number of aromatic nitrogens is 2. The van der Waals surface area contributed by atoms with Crippen molar-refractivity contribution in [2.24, 2.45) is 18.2 Å². The number of hydrogen-bond acceptors (Lipinski definition) is 4. The molecular weight excluding hydrogens is 304 g/mol. The van der Waals surface area contributed by atoms with Crippen molar-refractivity contribution in [3.63, 3.8) is 0 Å². The van der Waals surface area contributed by atoms with Crippen LogP contribution >= 0.6 is 0 Å². The van der Waals surface area contributed by atoms with Crippen molar-refractivity contribution in [3.05, 3.63) is 35.0 Å². The molecule has 126 valence electrons. The molecule has 3 N–H and O–H groups in total. The van der Waals surface area contributed by atoms with E-state index in [2.05, 4.69) is 24.3 Å². The minimum Gasteiger partial charge on any atom is -0.387 e. The molecule has 0 aliphatic heterocycles. The Balaban J connectivity index is 2.17. The second kappa shape index (κ2) is 5.47.